The second kappa shape index (κ2) is 10.6. The van der Waals surface area contributed by atoms with Crippen molar-refractivity contribution >= 4 is 36.4 Å². The zero-order chi connectivity index (χ0) is 29.8. The van der Waals surface area contributed by atoms with Gasteiger partial charge in [-0.25, -0.2) is 4.57 Å². The molecule has 0 aliphatic heterocycles. The summed E-state index contributed by atoms with van der Waals surface area (Å²) < 4.78 is 19.8. The highest BCUT2D eigenvalue weighted by atomic mass is 31.2. The molecule has 0 bridgehead atoms. The van der Waals surface area contributed by atoms with Gasteiger partial charge in [0.1, 0.15) is 18.0 Å². The molecule has 0 spiro atoms. The Morgan fingerprint density at radius 3 is 2.19 bits per heavy atom. The quantitative estimate of drug-likeness (QED) is 0.304. The smallest absolute Gasteiger partial charge is 0.381 e. The van der Waals surface area contributed by atoms with Gasteiger partial charge in [-0.05, 0) is 79.7 Å². The molecule has 2 aromatic carbocycles. The number of rotatable bonds is 8. The molecule has 0 saturated heterocycles. The van der Waals surface area contributed by atoms with Crippen molar-refractivity contribution in [3.8, 4) is 0 Å². The number of benzene rings is 2. The third-order valence-electron chi connectivity index (χ3n) is 10.7. The van der Waals surface area contributed by atoms with Gasteiger partial charge in [0.05, 0.1) is 0 Å². The van der Waals surface area contributed by atoms with Gasteiger partial charge in [-0.2, -0.15) is 0 Å². The molecule has 42 heavy (non-hydrogen) atoms. The third-order valence-corrected chi connectivity index (χ3v) is 12.3. The first kappa shape index (κ1) is 29.0. The summed E-state index contributed by atoms with van der Waals surface area (Å²) in [4.78, 5) is 39.9. The van der Waals surface area contributed by atoms with E-state index >= 15 is 0 Å². The molecule has 8 nitrogen and oxygen atoms in total. The minimum atomic E-state index is -3.84. The first-order valence-corrected chi connectivity index (χ1v) is 16.5. The topological polar surface area (TPSA) is 122 Å². The van der Waals surface area contributed by atoms with Gasteiger partial charge >= 0.3 is 7.67 Å². The predicted octanol–water partition coefficient (Wildman–Crippen LogP) is 6.35. The van der Waals surface area contributed by atoms with Gasteiger partial charge in [0, 0.05) is 35.5 Å². The molecule has 6 rings (SSSR count). The van der Waals surface area contributed by atoms with Gasteiger partial charge in [0.15, 0.2) is 11.6 Å². The number of aliphatic hydroxyl groups is 1. The summed E-state index contributed by atoms with van der Waals surface area (Å²) in [5.41, 5.74) is -0.879. The standard InChI is InChI=1S/C33H39N2O6P/c1-31-17-15-25(36)19-22(31)13-14-26-27-16-18-33(39,32(27,2)20-28(37)30(26)31)29(38)21-41-42(40,34-23-9-5-3-6-10-23)35-24-11-7-4-8-12-24/h3-12,19,26-27,30,39H,13-18,20-21H2,1-2H3,(H2,34,35,40)/t26-,27-,30+,31-,32-,33-/m1/s1. The number of Topliss-reactive ketones (excluding diaryl/α,β-unsaturated/α-hetero) is 2. The first-order valence-electron chi connectivity index (χ1n) is 14.9. The molecule has 2 aromatic rings. The summed E-state index contributed by atoms with van der Waals surface area (Å²) in [6.45, 7) is 3.42. The zero-order valence-corrected chi connectivity index (χ0v) is 25.1. The highest BCUT2D eigenvalue weighted by Crippen LogP contribution is 2.66. The lowest BCUT2D eigenvalue weighted by Crippen LogP contribution is -2.61. The van der Waals surface area contributed by atoms with E-state index in [1.165, 1.54) is 0 Å². The maximum atomic E-state index is 14.0. The Morgan fingerprint density at radius 1 is 0.952 bits per heavy atom. The fraction of sp³-hybridized carbons (Fsp3) is 0.485. The van der Waals surface area contributed by atoms with Crippen LogP contribution in [-0.4, -0.2) is 34.7 Å². The summed E-state index contributed by atoms with van der Waals surface area (Å²) in [5, 5.41) is 17.9. The molecule has 3 fully saturated rings. The SMILES string of the molecule is C[C@@]12CCC(=O)C=C1CC[C@H]1[C@H]2C(=O)C[C@]2(C)[C@@H]1CC[C@@]2(O)C(=O)COP(=O)(Nc1ccccc1)Nc1ccccc1. The predicted molar refractivity (Wildman–Crippen MR) is 161 cm³/mol. The Morgan fingerprint density at radius 2 is 1.57 bits per heavy atom. The van der Waals surface area contributed by atoms with Crippen LogP contribution in [0.2, 0.25) is 0 Å². The maximum Gasteiger partial charge on any atom is 0.392 e. The Balaban J connectivity index is 1.23. The molecule has 222 valence electrons. The van der Waals surface area contributed by atoms with Gasteiger partial charge in [-0.3, -0.25) is 29.1 Å². The maximum absolute atomic E-state index is 14.0. The van der Waals surface area contributed by atoms with Crippen LogP contribution in [0.5, 0.6) is 0 Å². The Bertz CT molecular complexity index is 1430. The van der Waals surface area contributed by atoms with Gasteiger partial charge < -0.3 is 5.11 Å². The molecule has 9 heteroatoms. The van der Waals surface area contributed by atoms with Crippen LogP contribution < -0.4 is 10.2 Å². The van der Waals surface area contributed by atoms with Crippen molar-refractivity contribution in [1.82, 2.24) is 0 Å². The molecule has 3 N–H and O–H groups in total. The third kappa shape index (κ3) is 4.78. The average molecular weight is 591 g/mol. The lowest BCUT2D eigenvalue weighted by Gasteiger charge is -2.57. The number of anilines is 2. The lowest BCUT2D eigenvalue weighted by atomic mass is 9.46. The Labute approximate surface area is 246 Å². The summed E-state index contributed by atoms with van der Waals surface area (Å²) in [6.07, 6.45) is 5.37. The van der Waals surface area contributed by atoms with Crippen molar-refractivity contribution in [2.45, 2.75) is 64.4 Å². The summed E-state index contributed by atoms with van der Waals surface area (Å²) in [5.74, 6) is -0.535. The minimum absolute atomic E-state index is 0.0122. The summed E-state index contributed by atoms with van der Waals surface area (Å²) in [7, 11) is -3.84. The van der Waals surface area contributed by atoms with Crippen LogP contribution in [0.15, 0.2) is 72.3 Å². The van der Waals surface area contributed by atoms with Crippen LogP contribution >= 0.6 is 7.67 Å². The molecule has 0 amide bonds. The molecular weight excluding hydrogens is 551 g/mol. The number of carbonyl (C=O) groups is 3. The van der Waals surface area contributed by atoms with E-state index in [0.29, 0.717) is 30.6 Å². The van der Waals surface area contributed by atoms with E-state index in [9.17, 15) is 24.1 Å². The number of hydrogen-bond donors (Lipinski definition) is 3. The number of hydrogen-bond acceptors (Lipinski definition) is 6. The van der Waals surface area contributed by atoms with Crippen molar-refractivity contribution in [3.63, 3.8) is 0 Å². The van der Waals surface area contributed by atoms with E-state index in [2.05, 4.69) is 17.1 Å². The van der Waals surface area contributed by atoms with E-state index in [1.54, 1.807) is 54.6 Å². The molecule has 4 aliphatic rings. The highest BCUT2D eigenvalue weighted by Gasteiger charge is 2.68. The largest absolute Gasteiger partial charge is 0.392 e. The summed E-state index contributed by atoms with van der Waals surface area (Å²) >= 11 is 0. The number of allylic oxidation sites excluding steroid dienone is 1. The van der Waals surface area contributed by atoms with E-state index < -0.39 is 31.1 Å². The molecule has 0 radical (unpaired) electrons. The lowest BCUT2D eigenvalue weighted by molar-refractivity contribution is -0.170. The fourth-order valence-electron chi connectivity index (χ4n) is 8.57. The molecule has 0 unspecified atom stereocenters. The zero-order valence-electron chi connectivity index (χ0n) is 24.2. The van der Waals surface area contributed by atoms with Crippen molar-refractivity contribution in [1.29, 1.82) is 0 Å². The number of para-hydroxylation sites is 2. The Hall–Kier alpha value is -3.06. The first-order chi connectivity index (χ1) is 20.0. The van der Waals surface area contributed by atoms with Gasteiger partial charge in [-0.1, -0.05) is 55.8 Å². The molecule has 0 heterocycles. The number of carbonyl (C=O) groups excluding carboxylic acids is 3. The van der Waals surface area contributed by atoms with Crippen molar-refractivity contribution in [2.24, 2.45) is 28.6 Å². The second-order valence-corrected chi connectivity index (χ2v) is 14.8. The fourth-order valence-corrected chi connectivity index (χ4v) is 10.0. The van der Waals surface area contributed by atoms with Gasteiger partial charge in [0.25, 0.3) is 0 Å². The van der Waals surface area contributed by atoms with E-state index in [4.69, 9.17) is 4.52 Å². The molecule has 0 aromatic heterocycles. The molecule has 6 atom stereocenters. The monoisotopic (exact) mass is 590 g/mol. The van der Waals surface area contributed by atoms with Crippen LogP contribution in [0.25, 0.3) is 0 Å². The van der Waals surface area contributed by atoms with E-state index in [0.717, 1.165) is 18.4 Å². The van der Waals surface area contributed by atoms with E-state index in [1.807, 2.05) is 19.1 Å². The van der Waals surface area contributed by atoms with Crippen LogP contribution in [0, 0.1) is 28.6 Å². The average Bonchev–Trinajstić information content (AvgIpc) is 3.23. The second-order valence-electron chi connectivity index (χ2n) is 13.0. The molecular formula is C33H39N2O6P. The minimum Gasteiger partial charge on any atom is -0.381 e. The van der Waals surface area contributed by atoms with Gasteiger partial charge in [0.2, 0.25) is 0 Å². The van der Waals surface area contributed by atoms with Crippen LogP contribution in [0.3, 0.4) is 0 Å². The van der Waals surface area contributed by atoms with Crippen molar-refractivity contribution in [3.05, 3.63) is 72.3 Å². The van der Waals surface area contributed by atoms with Crippen LogP contribution in [0.4, 0.5) is 11.4 Å². The summed E-state index contributed by atoms with van der Waals surface area (Å²) in [6, 6.07) is 17.9. The number of nitrogens with one attached hydrogen (secondary N) is 2. The van der Waals surface area contributed by atoms with Crippen molar-refractivity contribution < 1.29 is 28.6 Å². The number of fused-ring (bicyclic) bond motifs is 5. The molecule has 3 saturated carbocycles. The molecule has 4 aliphatic carbocycles. The van der Waals surface area contributed by atoms with Crippen molar-refractivity contribution in [2.75, 3.05) is 16.8 Å². The normalized spacial score (nSPS) is 34.1. The van der Waals surface area contributed by atoms with Crippen LogP contribution in [0.1, 0.15) is 58.8 Å². The van der Waals surface area contributed by atoms with E-state index in [-0.39, 0.29) is 47.6 Å². The van der Waals surface area contributed by atoms with Crippen LogP contribution in [-0.2, 0) is 23.5 Å². The van der Waals surface area contributed by atoms with Gasteiger partial charge in [-0.15, -0.1) is 0 Å². The highest BCUT2D eigenvalue weighted by molar-refractivity contribution is 7.62. The Kier molecular flexibility index (Phi) is 7.32. The number of ketones is 3.